The predicted molar refractivity (Wildman–Crippen MR) is 86.0 cm³/mol. The number of hydrogen-bond acceptors (Lipinski definition) is 5. The van der Waals surface area contributed by atoms with Crippen molar-refractivity contribution < 1.29 is 23.9 Å². The average Bonchev–Trinajstić information content (AvgIpc) is 3.31. The third-order valence-corrected chi connectivity index (χ3v) is 3.19. The fraction of sp³-hybridized carbons (Fsp3) is 0.471. The molecular formula is C17H22N2O5. The highest BCUT2D eigenvalue weighted by Gasteiger charge is 2.46. The SMILES string of the molecule is CC(C)(C)OC(=O)N1CC1C(=O)NCC(=O)OCc1ccccc1. The highest BCUT2D eigenvalue weighted by Crippen LogP contribution is 2.21. The number of hydrogen-bond donors (Lipinski definition) is 1. The van der Waals surface area contributed by atoms with Crippen LogP contribution in [0.3, 0.4) is 0 Å². The van der Waals surface area contributed by atoms with Gasteiger partial charge in [0.15, 0.2) is 0 Å². The Kier molecular flexibility index (Phi) is 5.43. The zero-order valence-electron chi connectivity index (χ0n) is 14.1. The smallest absolute Gasteiger partial charge is 0.411 e. The number of benzene rings is 1. The summed E-state index contributed by atoms with van der Waals surface area (Å²) >= 11 is 0. The van der Waals surface area contributed by atoms with Gasteiger partial charge in [0.1, 0.15) is 24.8 Å². The Hall–Kier alpha value is -2.57. The van der Waals surface area contributed by atoms with E-state index in [-0.39, 0.29) is 13.2 Å². The summed E-state index contributed by atoms with van der Waals surface area (Å²) in [5, 5.41) is 2.47. The molecule has 1 aromatic rings. The molecule has 0 bridgehead atoms. The molecule has 1 aliphatic heterocycles. The van der Waals surface area contributed by atoms with Crippen LogP contribution in [-0.2, 0) is 25.7 Å². The molecule has 2 rings (SSSR count). The average molecular weight is 334 g/mol. The second-order valence-electron chi connectivity index (χ2n) is 6.51. The fourth-order valence-corrected chi connectivity index (χ4v) is 1.95. The van der Waals surface area contributed by atoms with Gasteiger partial charge in [-0.1, -0.05) is 30.3 Å². The van der Waals surface area contributed by atoms with Crippen molar-refractivity contribution in [2.45, 2.75) is 39.0 Å². The van der Waals surface area contributed by atoms with E-state index < -0.39 is 29.6 Å². The second kappa shape index (κ2) is 7.33. The van der Waals surface area contributed by atoms with Gasteiger partial charge in [0.05, 0.1) is 6.54 Å². The molecule has 1 N–H and O–H groups in total. The lowest BCUT2D eigenvalue weighted by atomic mass is 10.2. The lowest BCUT2D eigenvalue weighted by Crippen LogP contribution is -2.36. The van der Waals surface area contributed by atoms with E-state index in [1.54, 1.807) is 20.8 Å². The van der Waals surface area contributed by atoms with Gasteiger partial charge in [-0.25, -0.2) is 4.79 Å². The highest BCUT2D eigenvalue weighted by atomic mass is 16.6. The van der Waals surface area contributed by atoms with Crippen molar-refractivity contribution in [3.63, 3.8) is 0 Å². The van der Waals surface area contributed by atoms with Gasteiger partial charge in [-0.15, -0.1) is 0 Å². The van der Waals surface area contributed by atoms with Crippen molar-refractivity contribution in [2.75, 3.05) is 13.1 Å². The van der Waals surface area contributed by atoms with E-state index in [4.69, 9.17) is 9.47 Å². The standard InChI is InChI=1S/C17H22N2O5/c1-17(2,3)24-16(22)19-10-13(19)15(21)18-9-14(20)23-11-12-7-5-4-6-8-12/h4-8,13H,9-11H2,1-3H3,(H,18,21). The zero-order chi connectivity index (χ0) is 17.7. The lowest BCUT2D eigenvalue weighted by molar-refractivity contribution is -0.145. The number of carbonyl (C=O) groups is 3. The molecule has 0 radical (unpaired) electrons. The third kappa shape index (κ3) is 5.57. The fourth-order valence-electron chi connectivity index (χ4n) is 1.95. The van der Waals surface area contributed by atoms with Crippen LogP contribution in [0.2, 0.25) is 0 Å². The van der Waals surface area contributed by atoms with Crippen LogP contribution in [0, 0.1) is 0 Å². The molecule has 0 aromatic heterocycles. The lowest BCUT2D eigenvalue weighted by Gasteiger charge is -2.19. The normalized spacial score (nSPS) is 16.3. The Morgan fingerprint density at radius 1 is 1.21 bits per heavy atom. The Labute approximate surface area is 140 Å². The molecule has 1 aliphatic rings. The molecule has 1 fully saturated rings. The van der Waals surface area contributed by atoms with Crippen molar-refractivity contribution in [3.05, 3.63) is 35.9 Å². The number of ether oxygens (including phenoxy) is 2. The van der Waals surface area contributed by atoms with Gasteiger partial charge in [-0.3, -0.25) is 14.5 Å². The maximum absolute atomic E-state index is 11.9. The van der Waals surface area contributed by atoms with E-state index >= 15 is 0 Å². The maximum atomic E-state index is 11.9. The number of nitrogens with one attached hydrogen (secondary N) is 1. The summed E-state index contributed by atoms with van der Waals surface area (Å²) in [5.74, 6) is -0.922. The Balaban J connectivity index is 1.67. The summed E-state index contributed by atoms with van der Waals surface area (Å²) in [7, 11) is 0. The quantitative estimate of drug-likeness (QED) is 0.651. The summed E-state index contributed by atoms with van der Waals surface area (Å²) in [4.78, 5) is 36.6. The van der Waals surface area contributed by atoms with Crippen molar-refractivity contribution in [1.82, 2.24) is 10.2 Å². The van der Waals surface area contributed by atoms with Crippen LogP contribution < -0.4 is 5.32 Å². The van der Waals surface area contributed by atoms with Gasteiger partial charge in [0.25, 0.3) is 0 Å². The maximum Gasteiger partial charge on any atom is 0.411 e. The predicted octanol–water partition coefficient (Wildman–Crippen LogP) is 1.47. The molecule has 1 aromatic carbocycles. The molecule has 24 heavy (non-hydrogen) atoms. The van der Waals surface area contributed by atoms with E-state index in [0.29, 0.717) is 6.54 Å². The number of rotatable bonds is 5. The molecule has 0 aliphatic carbocycles. The van der Waals surface area contributed by atoms with E-state index in [9.17, 15) is 14.4 Å². The van der Waals surface area contributed by atoms with Gasteiger partial charge in [-0.2, -0.15) is 0 Å². The minimum Gasteiger partial charge on any atom is -0.460 e. The molecule has 1 saturated heterocycles. The van der Waals surface area contributed by atoms with Gasteiger partial charge >= 0.3 is 12.1 Å². The van der Waals surface area contributed by atoms with Crippen LogP contribution in [0.4, 0.5) is 4.79 Å². The van der Waals surface area contributed by atoms with Gasteiger partial charge < -0.3 is 14.8 Å². The third-order valence-electron chi connectivity index (χ3n) is 3.19. The summed E-state index contributed by atoms with van der Waals surface area (Å²) in [6.45, 7) is 5.48. The summed E-state index contributed by atoms with van der Waals surface area (Å²) in [6.07, 6.45) is -0.533. The monoisotopic (exact) mass is 334 g/mol. The molecule has 1 unspecified atom stereocenters. The molecule has 7 nitrogen and oxygen atoms in total. The van der Waals surface area contributed by atoms with E-state index in [1.807, 2.05) is 30.3 Å². The number of amides is 2. The van der Waals surface area contributed by atoms with Crippen molar-refractivity contribution in [2.24, 2.45) is 0 Å². The van der Waals surface area contributed by atoms with Crippen LogP contribution in [0.1, 0.15) is 26.3 Å². The topological polar surface area (TPSA) is 84.7 Å². The second-order valence-corrected chi connectivity index (χ2v) is 6.51. The zero-order valence-corrected chi connectivity index (χ0v) is 14.1. The summed E-state index contributed by atoms with van der Waals surface area (Å²) in [5.41, 5.74) is 0.262. The van der Waals surface area contributed by atoms with Crippen LogP contribution >= 0.6 is 0 Å². The van der Waals surface area contributed by atoms with E-state index in [2.05, 4.69) is 5.32 Å². The molecule has 1 heterocycles. The highest BCUT2D eigenvalue weighted by molar-refractivity contribution is 5.92. The Morgan fingerprint density at radius 3 is 2.50 bits per heavy atom. The van der Waals surface area contributed by atoms with E-state index in [0.717, 1.165) is 5.56 Å². The van der Waals surface area contributed by atoms with Gasteiger partial charge in [-0.05, 0) is 26.3 Å². The first-order chi connectivity index (χ1) is 11.3. The first kappa shape index (κ1) is 17.8. The molecule has 1 atom stereocenters. The molecule has 2 amide bonds. The van der Waals surface area contributed by atoms with Crippen LogP contribution in [-0.4, -0.2) is 47.6 Å². The molecular weight excluding hydrogens is 312 g/mol. The van der Waals surface area contributed by atoms with Gasteiger partial charge in [0.2, 0.25) is 5.91 Å². The van der Waals surface area contributed by atoms with Crippen molar-refractivity contribution >= 4 is 18.0 Å². The Bertz CT molecular complexity index is 609. The van der Waals surface area contributed by atoms with Crippen molar-refractivity contribution in [3.8, 4) is 0 Å². The molecule has 0 saturated carbocycles. The first-order valence-corrected chi connectivity index (χ1v) is 7.73. The molecule has 130 valence electrons. The molecule has 0 spiro atoms. The summed E-state index contributed by atoms with van der Waals surface area (Å²) in [6, 6.07) is 8.68. The minimum absolute atomic E-state index is 0.156. The van der Waals surface area contributed by atoms with Crippen LogP contribution in [0.15, 0.2) is 30.3 Å². The van der Waals surface area contributed by atoms with Crippen molar-refractivity contribution in [1.29, 1.82) is 0 Å². The number of carbonyl (C=O) groups excluding carboxylic acids is 3. The summed E-state index contributed by atoms with van der Waals surface area (Å²) < 4.78 is 10.2. The van der Waals surface area contributed by atoms with Crippen LogP contribution in [0.25, 0.3) is 0 Å². The number of esters is 1. The Morgan fingerprint density at radius 2 is 1.88 bits per heavy atom. The van der Waals surface area contributed by atoms with E-state index in [1.165, 1.54) is 4.90 Å². The van der Waals surface area contributed by atoms with Crippen LogP contribution in [0.5, 0.6) is 0 Å². The number of nitrogens with zero attached hydrogens (tertiary/aromatic N) is 1. The van der Waals surface area contributed by atoms with Gasteiger partial charge in [0, 0.05) is 0 Å². The first-order valence-electron chi connectivity index (χ1n) is 7.73. The minimum atomic E-state index is -0.609. The largest absolute Gasteiger partial charge is 0.460 e. The molecule has 7 heteroatoms.